The van der Waals surface area contributed by atoms with Crippen LogP contribution in [0.5, 0.6) is 0 Å². The maximum Gasteiger partial charge on any atom is 0.294 e. The van der Waals surface area contributed by atoms with Gasteiger partial charge in [-0.05, 0) is 18.1 Å². The summed E-state index contributed by atoms with van der Waals surface area (Å²) in [5.41, 5.74) is 3.04. The highest BCUT2D eigenvalue weighted by atomic mass is 16.3. The standard InChI is InChI=1S/C16H12N2O2/c19-16-15-14(17-9-18-16)12-8-11(6-7-13(12)20-15)10-4-2-1-3-5-10/h1-7,9,11H,8H2,(H,17,18,19). The smallest absolute Gasteiger partial charge is 0.294 e. The summed E-state index contributed by atoms with van der Waals surface area (Å²) in [6.45, 7) is 0. The summed E-state index contributed by atoms with van der Waals surface area (Å²) in [5.74, 6) is 1.04. The first-order chi connectivity index (χ1) is 9.83. The third-order valence-electron chi connectivity index (χ3n) is 3.74. The average molecular weight is 264 g/mol. The van der Waals surface area contributed by atoms with E-state index in [9.17, 15) is 4.79 Å². The largest absolute Gasteiger partial charge is 0.449 e. The molecule has 3 aromatic rings. The van der Waals surface area contributed by atoms with Crippen LogP contribution in [0, 0.1) is 0 Å². The maximum atomic E-state index is 11.7. The number of rotatable bonds is 1. The minimum absolute atomic E-state index is 0.228. The fourth-order valence-electron chi connectivity index (χ4n) is 2.74. The number of aromatic amines is 1. The molecule has 1 aromatic carbocycles. The van der Waals surface area contributed by atoms with Crippen LogP contribution in [0.3, 0.4) is 0 Å². The Kier molecular flexibility index (Phi) is 2.36. The molecule has 1 N–H and O–H groups in total. The van der Waals surface area contributed by atoms with Gasteiger partial charge in [0.15, 0.2) is 0 Å². The Bertz CT molecular complexity index is 859. The molecule has 0 aliphatic heterocycles. The molecular weight excluding hydrogens is 252 g/mol. The van der Waals surface area contributed by atoms with Crippen molar-refractivity contribution < 1.29 is 4.42 Å². The van der Waals surface area contributed by atoms with Crippen molar-refractivity contribution in [3.8, 4) is 0 Å². The Balaban J connectivity index is 1.85. The van der Waals surface area contributed by atoms with E-state index in [1.165, 1.54) is 11.9 Å². The van der Waals surface area contributed by atoms with E-state index < -0.39 is 0 Å². The highest BCUT2D eigenvalue weighted by molar-refractivity contribution is 5.81. The quantitative estimate of drug-likeness (QED) is 0.735. The van der Waals surface area contributed by atoms with Crippen LogP contribution in [-0.4, -0.2) is 9.97 Å². The van der Waals surface area contributed by atoms with Crippen molar-refractivity contribution in [3.63, 3.8) is 0 Å². The molecule has 1 unspecified atom stereocenters. The molecule has 1 atom stereocenters. The molecule has 4 nitrogen and oxygen atoms in total. The van der Waals surface area contributed by atoms with E-state index in [1.807, 2.05) is 24.3 Å². The van der Waals surface area contributed by atoms with E-state index in [0.717, 1.165) is 17.7 Å². The molecule has 1 aliphatic carbocycles. The van der Waals surface area contributed by atoms with Gasteiger partial charge in [-0.2, -0.15) is 0 Å². The van der Waals surface area contributed by atoms with Crippen LogP contribution in [0.2, 0.25) is 0 Å². The van der Waals surface area contributed by atoms with Crippen LogP contribution in [0.1, 0.15) is 22.8 Å². The Labute approximate surface area is 114 Å². The van der Waals surface area contributed by atoms with E-state index in [0.29, 0.717) is 17.0 Å². The second kappa shape index (κ2) is 4.20. The fourth-order valence-corrected chi connectivity index (χ4v) is 2.74. The van der Waals surface area contributed by atoms with Crippen molar-refractivity contribution in [2.24, 2.45) is 0 Å². The molecule has 0 radical (unpaired) electrons. The highest BCUT2D eigenvalue weighted by Gasteiger charge is 2.23. The highest BCUT2D eigenvalue weighted by Crippen LogP contribution is 2.34. The average Bonchev–Trinajstić information content (AvgIpc) is 2.88. The summed E-state index contributed by atoms with van der Waals surface area (Å²) in [6.07, 6.45) is 6.29. The molecule has 0 saturated heterocycles. The zero-order valence-corrected chi connectivity index (χ0v) is 10.7. The van der Waals surface area contributed by atoms with Gasteiger partial charge in [0.25, 0.3) is 5.56 Å². The van der Waals surface area contributed by atoms with Crippen LogP contribution in [0.4, 0.5) is 0 Å². The monoisotopic (exact) mass is 264 g/mol. The Morgan fingerprint density at radius 1 is 1.25 bits per heavy atom. The zero-order chi connectivity index (χ0) is 13.5. The zero-order valence-electron chi connectivity index (χ0n) is 10.7. The van der Waals surface area contributed by atoms with Crippen LogP contribution in [0.25, 0.3) is 17.2 Å². The van der Waals surface area contributed by atoms with Gasteiger partial charge in [-0.15, -0.1) is 0 Å². The molecule has 98 valence electrons. The van der Waals surface area contributed by atoms with Gasteiger partial charge in [-0.25, -0.2) is 4.98 Å². The Hall–Kier alpha value is -2.62. The van der Waals surface area contributed by atoms with Crippen molar-refractivity contribution >= 4 is 17.2 Å². The van der Waals surface area contributed by atoms with E-state index in [-0.39, 0.29) is 5.56 Å². The number of aromatic nitrogens is 2. The number of allylic oxidation sites excluding steroid dienone is 1. The lowest BCUT2D eigenvalue weighted by Crippen LogP contribution is -2.06. The molecule has 0 amide bonds. The molecule has 4 rings (SSSR count). The molecule has 0 bridgehead atoms. The van der Waals surface area contributed by atoms with Gasteiger partial charge < -0.3 is 9.40 Å². The van der Waals surface area contributed by atoms with Gasteiger partial charge in [-0.1, -0.05) is 36.4 Å². The van der Waals surface area contributed by atoms with Gasteiger partial charge in [0, 0.05) is 11.5 Å². The number of nitrogens with zero attached hydrogens (tertiary/aromatic N) is 1. The fraction of sp³-hybridized carbons (Fsp3) is 0.125. The molecule has 0 saturated carbocycles. The number of furan rings is 1. The van der Waals surface area contributed by atoms with Gasteiger partial charge >= 0.3 is 0 Å². The minimum Gasteiger partial charge on any atom is -0.449 e. The van der Waals surface area contributed by atoms with Crippen molar-refractivity contribution in [1.82, 2.24) is 9.97 Å². The third kappa shape index (κ3) is 1.61. The maximum absolute atomic E-state index is 11.7. The molecule has 1 aliphatic rings. The van der Waals surface area contributed by atoms with Crippen molar-refractivity contribution in [2.45, 2.75) is 12.3 Å². The van der Waals surface area contributed by atoms with Gasteiger partial charge in [-0.3, -0.25) is 4.79 Å². The van der Waals surface area contributed by atoms with Gasteiger partial charge in [0.2, 0.25) is 5.58 Å². The van der Waals surface area contributed by atoms with E-state index in [1.54, 1.807) is 0 Å². The number of nitrogens with one attached hydrogen (secondary N) is 1. The second-order valence-electron chi connectivity index (χ2n) is 4.93. The van der Waals surface area contributed by atoms with Gasteiger partial charge in [0.1, 0.15) is 11.3 Å². The van der Waals surface area contributed by atoms with Gasteiger partial charge in [0.05, 0.1) is 6.33 Å². The van der Waals surface area contributed by atoms with Crippen LogP contribution < -0.4 is 5.56 Å². The van der Waals surface area contributed by atoms with Crippen molar-refractivity contribution in [2.75, 3.05) is 0 Å². The molecule has 20 heavy (non-hydrogen) atoms. The lowest BCUT2D eigenvalue weighted by atomic mass is 9.88. The summed E-state index contributed by atoms with van der Waals surface area (Å²) in [4.78, 5) is 18.5. The number of hydrogen-bond donors (Lipinski definition) is 1. The molecular formula is C16H12N2O2. The SMILES string of the molecule is O=c1[nH]cnc2c3c(oc12)C=CC(c1ccccc1)C3. The lowest BCUT2D eigenvalue weighted by Gasteiger charge is -2.16. The van der Waals surface area contributed by atoms with E-state index in [2.05, 4.69) is 28.2 Å². The Morgan fingerprint density at radius 2 is 2.10 bits per heavy atom. The minimum atomic E-state index is -0.228. The first-order valence-corrected chi connectivity index (χ1v) is 6.55. The summed E-state index contributed by atoms with van der Waals surface area (Å²) < 4.78 is 5.61. The van der Waals surface area contributed by atoms with Crippen LogP contribution in [0.15, 0.2) is 51.9 Å². The summed E-state index contributed by atoms with van der Waals surface area (Å²) in [7, 11) is 0. The van der Waals surface area contributed by atoms with Crippen LogP contribution in [-0.2, 0) is 6.42 Å². The summed E-state index contributed by atoms with van der Waals surface area (Å²) >= 11 is 0. The van der Waals surface area contributed by atoms with E-state index >= 15 is 0 Å². The molecule has 0 fully saturated rings. The lowest BCUT2D eigenvalue weighted by molar-refractivity contribution is 0.587. The number of hydrogen-bond acceptors (Lipinski definition) is 3. The van der Waals surface area contributed by atoms with Crippen molar-refractivity contribution in [3.05, 3.63) is 70.0 Å². The predicted molar refractivity (Wildman–Crippen MR) is 76.6 cm³/mol. The third-order valence-corrected chi connectivity index (χ3v) is 3.74. The first-order valence-electron chi connectivity index (χ1n) is 6.55. The predicted octanol–water partition coefficient (Wildman–Crippen LogP) is 2.87. The topological polar surface area (TPSA) is 58.9 Å². The second-order valence-corrected chi connectivity index (χ2v) is 4.93. The van der Waals surface area contributed by atoms with Crippen molar-refractivity contribution in [1.29, 1.82) is 0 Å². The molecule has 4 heteroatoms. The Morgan fingerprint density at radius 3 is 2.95 bits per heavy atom. The van der Waals surface area contributed by atoms with Crippen LogP contribution >= 0.6 is 0 Å². The molecule has 2 heterocycles. The first kappa shape index (κ1) is 11.2. The number of benzene rings is 1. The summed E-state index contributed by atoms with van der Waals surface area (Å²) in [5, 5.41) is 0. The molecule has 2 aromatic heterocycles. The number of fused-ring (bicyclic) bond motifs is 3. The van der Waals surface area contributed by atoms with E-state index in [4.69, 9.17) is 4.42 Å². The summed E-state index contributed by atoms with van der Waals surface area (Å²) in [6, 6.07) is 10.3. The molecule has 0 spiro atoms. The number of H-pyrrole nitrogens is 1. The normalized spacial score (nSPS) is 17.3.